The van der Waals surface area contributed by atoms with Gasteiger partial charge in [0.05, 0.1) is 0 Å². The zero-order valence-electron chi connectivity index (χ0n) is 13.1. The zero-order valence-corrected chi connectivity index (χ0v) is 14.1. The predicted molar refractivity (Wildman–Crippen MR) is 78.7 cm³/mol. The molecule has 0 spiro atoms. The minimum absolute atomic E-state index is 0.339. The summed E-state index contributed by atoms with van der Waals surface area (Å²) in [5, 5.41) is 0.339. The molecule has 1 nitrogen and oxygen atoms in total. The van der Waals surface area contributed by atoms with Crippen molar-refractivity contribution in [3.63, 3.8) is 0 Å². The Balaban J connectivity index is 2.53. The minimum atomic E-state index is -1.55. The SMILES string of the molecule is CC1C[C@@H](CO[Si](C)(C)C(C)(C)C)[C@H](C)C1C. The van der Waals surface area contributed by atoms with Gasteiger partial charge in [0.15, 0.2) is 8.32 Å². The van der Waals surface area contributed by atoms with Crippen LogP contribution in [0.2, 0.25) is 18.1 Å². The molecule has 0 radical (unpaired) electrons. The number of rotatable bonds is 3. The zero-order chi connectivity index (χ0) is 13.4. The molecule has 0 heterocycles. The van der Waals surface area contributed by atoms with Gasteiger partial charge >= 0.3 is 0 Å². The van der Waals surface area contributed by atoms with Crippen LogP contribution in [0.3, 0.4) is 0 Å². The molecule has 0 saturated heterocycles. The maximum absolute atomic E-state index is 6.38. The molecule has 102 valence electrons. The van der Waals surface area contributed by atoms with Gasteiger partial charge in [0.25, 0.3) is 0 Å². The summed E-state index contributed by atoms with van der Waals surface area (Å²) < 4.78 is 6.38. The van der Waals surface area contributed by atoms with Crippen LogP contribution in [0.5, 0.6) is 0 Å². The Morgan fingerprint density at radius 1 is 1.06 bits per heavy atom. The lowest BCUT2D eigenvalue weighted by Gasteiger charge is -2.37. The van der Waals surface area contributed by atoms with Gasteiger partial charge in [-0.3, -0.25) is 0 Å². The van der Waals surface area contributed by atoms with Crippen LogP contribution in [0.25, 0.3) is 0 Å². The molecule has 1 fully saturated rings. The molecule has 2 unspecified atom stereocenters. The molecule has 2 heteroatoms. The first-order chi connectivity index (χ1) is 7.56. The van der Waals surface area contributed by atoms with E-state index in [2.05, 4.69) is 54.6 Å². The summed E-state index contributed by atoms with van der Waals surface area (Å²) in [6.07, 6.45) is 1.36. The Hall–Kier alpha value is 0.177. The van der Waals surface area contributed by atoms with Gasteiger partial charge in [-0.25, -0.2) is 0 Å². The van der Waals surface area contributed by atoms with Crippen molar-refractivity contribution in [2.45, 2.75) is 66.1 Å². The quantitative estimate of drug-likeness (QED) is 0.650. The van der Waals surface area contributed by atoms with Gasteiger partial charge < -0.3 is 4.43 Å². The summed E-state index contributed by atoms with van der Waals surface area (Å²) in [5.74, 6) is 3.35. The monoisotopic (exact) mass is 256 g/mol. The van der Waals surface area contributed by atoms with Crippen molar-refractivity contribution < 1.29 is 4.43 Å². The normalized spacial score (nSPS) is 35.3. The molecule has 0 N–H and O–H groups in total. The van der Waals surface area contributed by atoms with Crippen LogP contribution in [0.1, 0.15) is 48.0 Å². The Labute approximate surface area is 109 Å². The Bertz CT molecular complexity index is 254. The fourth-order valence-electron chi connectivity index (χ4n) is 2.61. The van der Waals surface area contributed by atoms with Gasteiger partial charge in [0.2, 0.25) is 0 Å². The molecule has 4 atom stereocenters. The number of hydrogen-bond acceptors (Lipinski definition) is 1. The van der Waals surface area contributed by atoms with E-state index in [1.165, 1.54) is 6.42 Å². The first-order valence-corrected chi connectivity index (χ1v) is 10.1. The van der Waals surface area contributed by atoms with Crippen LogP contribution in [-0.2, 0) is 4.43 Å². The molecule has 0 bridgehead atoms. The van der Waals surface area contributed by atoms with Crippen molar-refractivity contribution in [3.8, 4) is 0 Å². The minimum Gasteiger partial charge on any atom is -0.417 e. The van der Waals surface area contributed by atoms with Crippen molar-refractivity contribution in [1.82, 2.24) is 0 Å². The summed E-state index contributed by atoms with van der Waals surface area (Å²) in [7, 11) is -1.55. The molecule has 1 rings (SSSR count). The Morgan fingerprint density at radius 3 is 1.94 bits per heavy atom. The van der Waals surface area contributed by atoms with Crippen molar-refractivity contribution in [2.75, 3.05) is 6.61 Å². The lowest BCUT2D eigenvalue weighted by Crippen LogP contribution is -2.42. The molecule has 0 aromatic rings. The third kappa shape index (κ3) is 3.34. The summed E-state index contributed by atoms with van der Waals surface area (Å²) in [6.45, 7) is 19.9. The van der Waals surface area contributed by atoms with Gasteiger partial charge in [-0.1, -0.05) is 41.5 Å². The second kappa shape index (κ2) is 5.04. The van der Waals surface area contributed by atoms with Crippen molar-refractivity contribution in [1.29, 1.82) is 0 Å². The van der Waals surface area contributed by atoms with Gasteiger partial charge in [-0.2, -0.15) is 0 Å². The van der Waals surface area contributed by atoms with Crippen LogP contribution in [0.15, 0.2) is 0 Å². The second-order valence-corrected chi connectivity index (χ2v) is 12.6. The highest BCUT2D eigenvalue weighted by Crippen LogP contribution is 2.43. The molecule has 0 amide bonds. The van der Waals surface area contributed by atoms with E-state index in [0.29, 0.717) is 5.04 Å². The Kier molecular flexibility index (Phi) is 4.52. The molecular weight excluding hydrogens is 224 g/mol. The highest BCUT2D eigenvalue weighted by Gasteiger charge is 2.40. The fourth-order valence-corrected chi connectivity index (χ4v) is 3.67. The van der Waals surface area contributed by atoms with Crippen molar-refractivity contribution in [3.05, 3.63) is 0 Å². The molecule has 1 aliphatic rings. The van der Waals surface area contributed by atoms with E-state index in [9.17, 15) is 0 Å². The van der Waals surface area contributed by atoms with E-state index in [4.69, 9.17) is 4.43 Å². The van der Waals surface area contributed by atoms with Crippen LogP contribution >= 0.6 is 0 Å². The third-order valence-electron chi connectivity index (χ3n) is 5.61. The molecular formula is C15H32OSi. The molecule has 0 aromatic carbocycles. The van der Waals surface area contributed by atoms with Gasteiger partial charge in [0.1, 0.15) is 0 Å². The smallest absolute Gasteiger partial charge is 0.191 e. The van der Waals surface area contributed by atoms with Crippen LogP contribution < -0.4 is 0 Å². The van der Waals surface area contributed by atoms with Gasteiger partial charge in [-0.15, -0.1) is 0 Å². The number of hydrogen-bond donors (Lipinski definition) is 0. The van der Waals surface area contributed by atoms with Crippen LogP contribution in [0, 0.1) is 23.7 Å². The van der Waals surface area contributed by atoms with E-state index in [-0.39, 0.29) is 0 Å². The van der Waals surface area contributed by atoms with E-state index < -0.39 is 8.32 Å². The topological polar surface area (TPSA) is 9.23 Å². The van der Waals surface area contributed by atoms with Crippen LogP contribution in [0.4, 0.5) is 0 Å². The summed E-state index contributed by atoms with van der Waals surface area (Å²) in [6, 6.07) is 0. The second-order valence-electron chi connectivity index (χ2n) is 7.76. The lowest BCUT2D eigenvalue weighted by molar-refractivity contribution is 0.194. The van der Waals surface area contributed by atoms with E-state index in [1.807, 2.05) is 0 Å². The lowest BCUT2D eigenvalue weighted by atomic mass is 9.91. The largest absolute Gasteiger partial charge is 0.417 e. The summed E-state index contributed by atoms with van der Waals surface area (Å²) >= 11 is 0. The van der Waals surface area contributed by atoms with Crippen molar-refractivity contribution >= 4 is 8.32 Å². The third-order valence-corrected chi connectivity index (χ3v) is 10.1. The van der Waals surface area contributed by atoms with Gasteiger partial charge in [-0.05, 0) is 48.2 Å². The maximum atomic E-state index is 6.38. The molecule has 1 saturated carbocycles. The summed E-state index contributed by atoms with van der Waals surface area (Å²) in [4.78, 5) is 0. The predicted octanol–water partition coefficient (Wildman–Crippen LogP) is 4.94. The first kappa shape index (κ1) is 15.2. The molecule has 1 aliphatic carbocycles. The first-order valence-electron chi connectivity index (χ1n) is 7.20. The average Bonchev–Trinajstić information content (AvgIpc) is 2.41. The molecule has 17 heavy (non-hydrogen) atoms. The highest BCUT2D eigenvalue weighted by atomic mass is 28.4. The summed E-state index contributed by atoms with van der Waals surface area (Å²) in [5.41, 5.74) is 0. The fraction of sp³-hybridized carbons (Fsp3) is 1.00. The van der Waals surface area contributed by atoms with Crippen molar-refractivity contribution in [2.24, 2.45) is 23.7 Å². The van der Waals surface area contributed by atoms with Crippen LogP contribution in [-0.4, -0.2) is 14.9 Å². The van der Waals surface area contributed by atoms with Gasteiger partial charge in [0, 0.05) is 6.61 Å². The maximum Gasteiger partial charge on any atom is 0.191 e. The van der Waals surface area contributed by atoms with E-state index in [1.54, 1.807) is 0 Å². The molecule has 0 aliphatic heterocycles. The Morgan fingerprint density at radius 2 is 1.59 bits per heavy atom. The van der Waals surface area contributed by atoms with E-state index in [0.717, 1.165) is 30.3 Å². The highest BCUT2D eigenvalue weighted by molar-refractivity contribution is 6.74. The standard InChI is InChI=1S/C15H32OSi/c1-11-9-14(13(3)12(11)2)10-16-17(7,8)15(4,5)6/h11-14H,9-10H2,1-8H3/t11?,12?,13-,14+/m1/s1. The van der Waals surface area contributed by atoms with E-state index >= 15 is 0 Å². The average molecular weight is 257 g/mol. The molecule has 0 aromatic heterocycles.